The van der Waals surface area contributed by atoms with Crippen LogP contribution in [0.25, 0.3) is 0 Å². The zero-order valence-corrected chi connectivity index (χ0v) is 17.3. The summed E-state index contributed by atoms with van der Waals surface area (Å²) < 4.78 is 23.3. The van der Waals surface area contributed by atoms with Crippen LogP contribution in [0.2, 0.25) is 18.1 Å². The number of aliphatic carboxylic acids is 1. The van der Waals surface area contributed by atoms with E-state index >= 15 is 0 Å². The topological polar surface area (TPSA) is 74.2 Å². The highest BCUT2D eigenvalue weighted by molar-refractivity contribution is 6.74. The largest absolute Gasteiger partial charge is 0.481 e. The summed E-state index contributed by atoms with van der Waals surface area (Å²) in [6.07, 6.45) is -0.840. The van der Waals surface area contributed by atoms with Crippen molar-refractivity contribution in [2.24, 2.45) is 5.92 Å². The van der Waals surface area contributed by atoms with Crippen LogP contribution in [0.3, 0.4) is 0 Å². The summed E-state index contributed by atoms with van der Waals surface area (Å²) in [5.74, 6) is -0.686. The van der Waals surface area contributed by atoms with E-state index in [0.717, 1.165) is 6.42 Å². The van der Waals surface area contributed by atoms with E-state index in [1.165, 1.54) is 0 Å². The molecule has 1 fully saturated rings. The van der Waals surface area contributed by atoms with E-state index in [-0.39, 0.29) is 29.8 Å². The second-order valence-corrected chi connectivity index (χ2v) is 13.0. The highest BCUT2D eigenvalue weighted by atomic mass is 28.4. The monoisotopic (exact) mass is 362 g/mol. The Labute approximate surface area is 146 Å². The number of carboxylic acid groups (broad SMARTS) is 1. The first-order chi connectivity index (χ1) is 10.9. The Hall–Kier alpha value is -0.473. The molecule has 0 saturated carbocycles. The van der Waals surface area contributed by atoms with Gasteiger partial charge in [-0.05, 0) is 24.1 Å². The first-order valence-electron chi connectivity index (χ1n) is 8.53. The first kappa shape index (κ1) is 21.6. The van der Waals surface area contributed by atoms with Crippen molar-refractivity contribution in [1.82, 2.24) is 0 Å². The van der Waals surface area contributed by atoms with Gasteiger partial charge in [-0.25, -0.2) is 0 Å². The summed E-state index contributed by atoms with van der Waals surface area (Å²) in [5.41, 5.74) is 0. The van der Waals surface area contributed by atoms with E-state index in [1.807, 2.05) is 0 Å². The fraction of sp³-hybridized carbons (Fsp3) is 0.941. The maximum Gasteiger partial charge on any atom is 0.306 e. The van der Waals surface area contributed by atoms with Gasteiger partial charge in [0, 0.05) is 20.6 Å². The van der Waals surface area contributed by atoms with Crippen LogP contribution in [-0.4, -0.2) is 58.2 Å². The molecule has 0 aliphatic carbocycles. The molecule has 24 heavy (non-hydrogen) atoms. The number of hydrogen-bond acceptors (Lipinski definition) is 5. The summed E-state index contributed by atoms with van der Waals surface area (Å²) in [6, 6.07) is 0. The smallest absolute Gasteiger partial charge is 0.306 e. The van der Waals surface area contributed by atoms with Gasteiger partial charge in [0.1, 0.15) is 6.10 Å². The van der Waals surface area contributed by atoms with Crippen LogP contribution in [0.1, 0.15) is 40.5 Å². The predicted molar refractivity (Wildman–Crippen MR) is 94.6 cm³/mol. The number of methoxy groups -OCH3 is 2. The minimum absolute atomic E-state index is 0.0146. The zero-order valence-electron chi connectivity index (χ0n) is 16.3. The van der Waals surface area contributed by atoms with E-state index in [4.69, 9.17) is 18.6 Å². The van der Waals surface area contributed by atoms with Crippen molar-refractivity contribution in [3.63, 3.8) is 0 Å². The maximum atomic E-state index is 11.4. The van der Waals surface area contributed by atoms with Gasteiger partial charge in [-0.1, -0.05) is 27.7 Å². The van der Waals surface area contributed by atoms with Gasteiger partial charge in [0.05, 0.1) is 18.6 Å². The summed E-state index contributed by atoms with van der Waals surface area (Å²) >= 11 is 0. The Kier molecular flexibility index (Phi) is 7.43. The fourth-order valence-corrected chi connectivity index (χ4v) is 4.13. The zero-order chi connectivity index (χ0) is 18.7. The van der Waals surface area contributed by atoms with Crippen LogP contribution in [0.15, 0.2) is 0 Å². The summed E-state index contributed by atoms with van der Waals surface area (Å²) in [7, 11) is 1.06. The average Bonchev–Trinajstić information content (AvgIpc) is 2.78. The van der Waals surface area contributed by atoms with Crippen molar-refractivity contribution >= 4 is 14.3 Å². The number of ether oxygens (including phenoxy) is 3. The third kappa shape index (κ3) is 5.26. The van der Waals surface area contributed by atoms with Crippen molar-refractivity contribution in [2.45, 2.75) is 83.3 Å². The lowest BCUT2D eigenvalue weighted by atomic mass is 9.94. The SMILES string of the molecule is CO[C@@H]1C[C@@H](C)[C@@H]([C@@H](OC)[C@@H](CC(=O)O)O[Si](C)(C)C(C)(C)C)O1. The molecule has 5 atom stereocenters. The van der Waals surface area contributed by atoms with Gasteiger partial charge in [-0.15, -0.1) is 0 Å². The van der Waals surface area contributed by atoms with Crippen molar-refractivity contribution in [2.75, 3.05) is 14.2 Å². The molecular formula is C17H34O6Si. The molecule has 7 heteroatoms. The molecule has 1 aliphatic rings. The van der Waals surface area contributed by atoms with Crippen molar-refractivity contribution in [3.05, 3.63) is 0 Å². The molecule has 0 bridgehead atoms. The van der Waals surface area contributed by atoms with E-state index < -0.39 is 26.5 Å². The minimum Gasteiger partial charge on any atom is -0.481 e. The lowest BCUT2D eigenvalue weighted by molar-refractivity contribution is -0.167. The van der Waals surface area contributed by atoms with Crippen LogP contribution in [0, 0.1) is 5.92 Å². The molecule has 1 aliphatic heterocycles. The Morgan fingerprint density at radius 3 is 2.29 bits per heavy atom. The van der Waals surface area contributed by atoms with Gasteiger partial charge < -0.3 is 23.7 Å². The Morgan fingerprint density at radius 2 is 1.92 bits per heavy atom. The van der Waals surface area contributed by atoms with Crippen LogP contribution < -0.4 is 0 Å². The molecule has 0 aromatic carbocycles. The molecule has 0 radical (unpaired) electrons. The molecule has 6 nitrogen and oxygen atoms in total. The van der Waals surface area contributed by atoms with Crippen LogP contribution in [-0.2, 0) is 23.4 Å². The van der Waals surface area contributed by atoms with Gasteiger partial charge in [0.25, 0.3) is 0 Å². The second-order valence-electron chi connectivity index (χ2n) is 8.19. The number of carboxylic acids is 1. The standard InChI is InChI=1S/C17H34O6Si/c1-11-9-14(20-5)22-15(11)16(21-6)12(10-13(18)19)23-24(7,8)17(2,3)4/h11-12,14-16H,9-10H2,1-8H3,(H,18,19)/t11-,12-,14+,15+,16+/m1/s1. The molecule has 1 rings (SSSR count). The fourth-order valence-electron chi connectivity index (χ4n) is 2.81. The van der Waals surface area contributed by atoms with Gasteiger partial charge in [0.2, 0.25) is 0 Å². The second kappa shape index (κ2) is 8.27. The number of carbonyl (C=O) groups is 1. The van der Waals surface area contributed by atoms with Gasteiger partial charge in [0.15, 0.2) is 14.6 Å². The van der Waals surface area contributed by atoms with Crippen LogP contribution >= 0.6 is 0 Å². The quantitative estimate of drug-likeness (QED) is 0.668. The van der Waals surface area contributed by atoms with Crippen molar-refractivity contribution in [3.8, 4) is 0 Å². The summed E-state index contributed by atoms with van der Waals surface area (Å²) in [5, 5.41) is 9.33. The molecule has 1 saturated heterocycles. The molecule has 1 heterocycles. The van der Waals surface area contributed by atoms with Gasteiger partial charge >= 0.3 is 5.97 Å². The van der Waals surface area contributed by atoms with Crippen LogP contribution in [0.5, 0.6) is 0 Å². The van der Waals surface area contributed by atoms with Crippen LogP contribution in [0.4, 0.5) is 0 Å². The molecule has 1 N–H and O–H groups in total. The maximum absolute atomic E-state index is 11.4. The molecular weight excluding hydrogens is 328 g/mol. The lowest BCUT2D eigenvalue weighted by Gasteiger charge is -2.42. The van der Waals surface area contributed by atoms with E-state index in [9.17, 15) is 9.90 Å². The van der Waals surface area contributed by atoms with Crippen molar-refractivity contribution < 1.29 is 28.5 Å². The Bertz CT molecular complexity index is 420. The van der Waals surface area contributed by atoms with Crippen molar-refractivity contribution in [1.29, 1.82) is 0 Å². The average molecular weight is 363 g/mol. The first-order valence-corrected chi connectivity index (χ1v) is 11.4. The summed E-state index contributed by atoms with van der Waals surface area (Å²) in [6.45, 7) is 12.7. The third-order valence-electron chi connectivity index (χ3n) is 5.29. The molecule has 0 spiro atoms. The van der Waals surface area contributed by atoms with E-state index in [0.29, 0.717) is 0 Å². The highest BCUT2D eigenvalue weighted by Gasteiger charge is 2.46. The lowest BCUT2D eigenvalue weighted by Crippen LogP contribution is -2.51. The molecule has 0 unspecified atom stereocenters. The van der Waals surface area contributed by atoms with Gasteiger partial charge in [-0.3, -0.25) is 4.79 Å². The predicted octanol–water partition coefficient (Wildman–Crippen LogP) is 3.26. The Balaban J connectivity index is 3.02. The van der Waals surface area contributed by atoms with Gasteiger partial charge in [-0.2, -0.15) is 0 Å². The number of hydrogen-bond donors (Lipinski definition) is 1. The minimum atomic E-state index is -2.14. The molecule has 0 amide bonds. The molecule has 142 valence electrons. The highest BCUT2D eigenvalue weighted by Crippen LogP contribution is 2.40. The summed E-state index contributed by atoms with van der Waals surface area (Å²) in [4.78, 5) is 11.4. The Morgan fingerprint density at radius 1 is 1.33 bits per heavy atom. The normalized spacial score (nSPS) is 27.9. The van der Waals surface area contributed by atoms with E-state index in [1.54, 1.807) is 14.2 Å². The van der Waals surface area contributed by atoms with E-state index in [2.05, 4.69) is 40.8 Å². The number of rotatable bonds is 8. The third-order valence-corrected chi connectivity index (χ3v) is 9.79. The molecule has 0 aromatic rings. The molecule has 0 aromatic heterocycles.